The van der Waals surface area contributed by atoms with Gasteiger partial charge in [0.2, 0.25) is 0 Å². The van der Waals surface area contributed by atoms with Crippen LogP contribution in [0.3, 0.4) is 0 Å². The van der Waals surface area contributed by atoms with Gasteiger partial charge in [0.1, 0.15) is 6.04 Å². The predicted molar refractivity (Wildman–Crippen MR) is 48.2 cm³/mol. The third kappa shape index (κ3) is 2.07. The molecule has 5 N–H and O–H groups in total. The average molecular weight is 183 g/mol. The zero-order chi connectivity index (χ0) is 9.84. The van der Waals surface area contributed by atoms with E-state index in [-0.39, 0.29) is 6.04 Å². The smallest absolute Gasteiger partial charge is 0.322 e. The molecular formula is C8H13N3O2. The van der Waals surface area contributed by atoms with Gasteiger partial charge in [0.25, 0.3) is 0 Å². The van der Waals surface area contributed by atoms with Gasteiger partial charge in [-0.2, -0.15) is 0 Å². The van der Waals surface area contributed by atoms with Gasteiger partial charge >= 0.3 is 5.97 Å². The summed E-state index contributed by atoms with van der Waals surface area (Å²) in [6.07, 6.45) is 1.73. The van der Waals surface area contributed by atoms with Crippen molar-refractivity contribution in [1.82, 2.24) is 10.3 Å². The maximum Gasteiger partial charge on any atom is 0.322 e. The monoisotopic (exact) mass is 183 g/mol. The number of rotatable bonds is 4. The SMILES string of the molecule is CNC(c1ccc[nH]1)C(N)C(=O)O. The molecule has 2 atom stereocenters. The van der Waals surface area contributed by atoms with Crippen molar-refractivity contribution >= 4 is 5.97 Å². The number of nitrogens with two attached hydrogens (primary N) is 1. The van der Waals surface area contributed by atoms with Gasteiger partial charge in [-0.05, 0) is 19.2 Å². The standard InChI is InChI=1S/C8H13N3O2/c1-10-7(6(9)8(12)13)5-3-2-4-11-5/h2-4,6-7,10-11H,9H2,1H3,(H,12,13). The van der Waals surface area contributed by atoms with Crippen LogP contribution in [-0.4, -0.2) is 29.1 Å². The molecule has 0 radical (unpaired) electrons. The molecule has 13 heavy (non-hydrogen) atoms. The lowest BCUT2D eigenvalue weighted by Crippen LogP contribution is -2.42. The van der Waals surface area contributed by atoms with Crippen LogP contribution in [-0.2, 0) is 4.79 Å². The van der Waals surface area contributed by atoms with Gasteiger partial charge < -0.3 is 21.1 Å². The van der Waals surface area contributed by atoms with Crippen molar-refractivity contribution in [3.8, 4) is 0 Å². The predicted octanol–water partition coefficient (Wildman–Crippen LogP) is -0.313. The number of aromatic nitrogens is 1. The Morgan fingerprint density at radius 3 is 2.85 bits per heavy atom. The average Bonchev–Trinajstić information content (AvgIpc) is 2.58. The quantitative estimate of drug-likeness (QED) is 0.515. The molecule has 1 aromatic rings. The van der Waals surface area contributed by atoms with Gasteiger partial charge in [-0.25, -0.2) is 0 Å². The van der Waals surface area contributed by atoms with Crippen LogP contribution in [0.25, 0.3) is 0 Å². The highest BCUT2D eigenvalue weighted by molar-refractivity contribution is 5.74. The number of carbonyl (C=O) groups is 1. The van der Waals surface area contributed by atoms with Gasteiger partial charge in [0.15, 0.2) is 0 Å². The Hall–Kier alpha value is -1.33. The molecule has 2 unspecified atom stereocenters. The van der Waals surface area contributed by atoms with E-state index in [4.69, 9.17) is 10.8 Å². The van der Waals surface area contributed by atoms with E-state index in [1.807, 2.05) is 0 Å². The number of carboxylic acid groups (broad SMARTS) is 1. The van der Waals surface area contributed by atoms with Crippen molar-refractivity contribution in [2.24, 2.45) is 5.73 Å². The normalized spacial score (nSPS) is 15.2. The van der Waals surface area contributed by atoms with E-state index in [1.165, 1.54) is 0 Å². The van der Waals surface area contributed by atoms with Crippen molar-refractivity contribution in [2.75, 3.05) is 7.05 Å². The molecule has 1 heterocycles. The van der Waals surface area contributed by atoms with Crippen LogP contribution < -0.4 is 11.1 Å². The number of hydrogen-bond donors (Lipinski definition) is 4. The minimum Gasteiger partial charge on any atom is -0.480 e. The molecule has 0 aliphatic rings. The van der Waals surface area contributed by atoms with Crippen LogP contribution in [0.2, 0.25) is 0 Å². The zero-order valence-electron chi connectivity index (χ0n) is 7.32. The summed E-state index contributed by atoms with van der Waals surface area (Å²) >= 11 is 0. The summed E-state index contributed by atoms with van der Waals surface area (Å²) in [6.45, 7) is 0. The van der Waals surface area contributed by atoms with E-state index in [0.717, 1.165) is 5.69 Å². The number of hydrogen-bond acceptors (Lipinski definition) is 3. The lowest BCUT2D eigenvalue weighted by atomic mass is 10.1. The second-order valence-corrected chi connectivity index (χ2v) is 2.76. The Bertz CT molecular complexity index is 271. The summed E-state index contributed by atoms with van der Waals surface area (Å²) in [4.78, 5) is 13.5. The fourth-order valence-electron chi connectivity index (χ4n) is 1.21. The third-order valence-corrected chi connectivity index (χ3v) is 1.91. The summed E-state index contributed by atoms with van der Waals surface area (Å²) in [5.41, 5.74) is 6.26. The Morgan fingerprint density at radius 2 is 2.46 bits per heavy atom. The molecule has 0 amide bonds. The Morgan fingerprint density at radius 1 is 1.77 bits per heavy atom. The van der Waals surface area contributed by atoms with Crippen molar-refractivity contribution < 1.29 is 9.90 Å². The van der Waals surface area contributed by atoms with E-state index >= 15 is 0 Å². The van der Waals surface area contributed by atoms with Gasteiger partial charge in [0.05, 0.1) is 6.04 Å². The largest absolute Gasteiger partial charge is 0.480 e. The molecular weight excluding hydrogens is 170 g/mol. The van der Waals surface area contributed by atoms with Crippen molar-refractivity contribution in [2.45, 2.75) is 12.1 Å². The second kappa shape index (κ2) is 4.06. The van der Waals surface area contributed by atoms with E-state index in [2.05, 4.69) is 10.3 Å². The lowest BCUT2D eigenvalue weighted by molar-refractivity contribution is -0.139. The molecule has 5 heteroatoms. The molecule has 5 nitrogen and oxygen atoms in total. The fourth-order valence-corrected chi connectivity index (χ4v) is 1.21. The molecule has 0 saturated carbocycles. The summed E-state index contributed by atoms with van der Waals surface area (Å²) in [7, 11) is 1.67. The first kappa shape index (κ1) is 9.76. The molecule has 0 aromatic carbocycles. The minimum atomic E-state index is -1.02. The fraction of sp³-hybridized carbons (Fsp3) is 0.375. The van der Waals surface area contributed by atoms with Crippen molar-refractivity contribution in [3.63, 3.8) is 0 Å². The molecule has 0 aliphatic carbocycles. The molecule has 0 bridgehead atoms. The number of aliphatic carboxylic acids is 1. The van der Waals surface area contributed by atoms with Crippen LogP contribution >= 0.6 is 0 Å². The van der Waals surface area contributed by atoms with Crippen LogP contribution in [0.1, 0.15) is 11.7 Å². The van der Waals surface area contributed by atoms with Crippen molar-refractivity contribution in [1.29, 1.82) is 0 Å². The van der Waals surface area contributed by atoms with Gasteiger partial charge in [-0.15, -0.1) is 0 Å². The number of carboxylic acids is 1. The van der Waals surface area contributed by atoms with Gasteiger partial charge in [-0.3, -0.25) is 4.79 Å². The molecule has 0 saturated heterocycles. The number of aromatic amines is 1. The van der Waals surface area contributed by atoms with Gasteiger partial charge in [0, 0.05) is 11.9 Å². The molecule has 72 valence electrons. The maximum atomic E-state index is 10.6. The van der Waals surface area contributed by atoms with Gasteiger partial charge in [-0.1, -0.05) is 0 Å². The number of H-pyrrole nitrogens is 1. The molecule has 1 rings (SSSR count). The number of nitrogens with one attached hydrogen (secondary N) is 2. The topological polar surface area (TPSA) is 91.1 Å². The summed E-state index contributed by atoms with van der Waals surface area (Å²) in [6, 6.07) is 2.27. The molecule has 0 spiro atoms. The Balaban J connectivity index is 2.79. The summed E-state index contributed by atoms with van der Waals surface area (Å²) in [5, 5.41) is 11.6. The highest BCUT2D eigenvalue weighted by atomic mass is 16.4. The first-order valence-electron chi connectivity index (χ1n) is 3.95. The summed E-state index contributed by atoms with van der Waals surface area (Å²) < 4.78 is 0. The highest BCUT2D eigenvalue weighted by Crippen LogP contribution is 2.12. The van der Waals surface area contributed by atoms with Crippen LogP contribution in [0.5, 0.6) is 0 Å². The lowest BCUT2D eigenvalue weighted by Gasteiger charge is -2.18. The maximum absolute atomic E-state index is 10.6. The van der Waals surface area contributed by atoms with Crippen LogP contribution in [0.15, 0.2) is 18.3 Å². The Labute approximate surface area is 75.9 Å². The second-order valence-electron chi connectivity index (χ2n) is 2.76. The van der Waals surface area contributed by atoms with E-state index < -0.39 is 12.0 Å². The molecule has 0 aliphatic heterocycles. The highest BCUT2D eigenvalue weighted by Gasteiger charge is 2.24. The minimum absolute atomic E-state index is 0.382. The van der Waals surface area contributed by atoms with Crippen molar-refractivity contribution in [3.05, 3.63) is 24.0 Å². The zero-order valence-corrected chi connectivity index (χ0v) is 7.32. The first-order chi connectivity index (χ1) is 6.16. The molecule has 0 fully saturated rings. The molecule has 1 aromatic heterocycles. The summed E-state index contributed by atoms with van der Waals surface area (Å²) in [5.74, 6) is -1.02. The van der Waals surface area contributed by atoms with Crippen LogP contribution in [0, 0.1) is 0 Å². The van der Waals surface area contributed by atoms with Crippen LogP contribution in [0.4, 0.5) is 0 Å². The number of likely N-dealkylation sites (N-methyl/N-ethyl adjacent to an activating group) is 1. The van der Waals surface area contributed by atoms with E-state index in [0.29, 0.717) is 0 Å². The Kier molecular flexibility index (Phi) is 3.05. The first-order valence-corrected chi connectivity index (χ1v) is 3.95. The van der Waals surface area contributed by atoms with E-state index in [9.17, 15) is 4.79 Å². The third-order valence-electron chi connectivity index (χ3n) is 1.91. The van der Waals surface area contributed by atoms with E-state index in [1.54, 1.807) is 25.4 Å².